The Labute approximate surface area is 119 Å². The molecule has 0 bridgehead atoms. The van der Waals surface area contributed by atoms with Crippen LogP contribution in [0.4, 0.5) is 4.79 Å². The number of esters is 1. The first-order valence-corrected chi connectivity index (χ1v) is 6.89. The number of nitrogens with zero attached hydrogens (tertiary/aromatic N) is 1. The van der Waals surface area contributed by atoms with Crippen LogP contribution in [0.15, 0.2) is 0 Å². The van der Waals surface area contributed by atoms with Crippen molar-refractivity contribution in [3.05, 3.63) is 0 Å². The molecule has 1 fully saturated rings. The quantitative estimate of drug-likeness (QED) is 0.739. The first-order valence-electron chi connectivity index (χ1n) is 6.89. The Kier molecular flexibility index (Phi) is 5.53. The first kappa shape index (κ1) is 16.5. The lowest BCUT2D eigenvalue weighted by Gasteiger charge is -2.32. The van der Waals surface area contributed by atoms with Gasteiger partial charge in [0.1, 0.15) is 5.60 Å². The van der Waals surface area contributed by atoms with E-state index >= 15 is 0 Å². The Hall–Kier alpha value is -1.59. The molecule has 1 saturated heterocycles. The third-order valence-electron chi connectivity index (χ3n) is 2.92. The molecule has 0 aromatic rings. The lowest BCUT2D eigenvalue weighted by Crippen LogP contribution is -2.46. The van der Waals surface area contributed by atoms with Crippen LogP contribution in [0.3, 0.4) is 0 Å². The molecule has 0 spiro atoms. The van der Waals surface area contributed by atoms with Crippen molar-refractivity contribution in [1.29, 1.82) is 0 Å². The van der Waals surface area contributed by atoms with Crippen LogP contribution >= 0.6 is 0 Å². The fraction of sp³-hybridized carbons (Fsp3) is 0.786. The van der Waals surface area contributed by atoms with Gasteiger partial charge in [0.15, 0.2) is 5.78 Å². The summed E-state index contributed by atoms with van der Waals surface area (Å²) in [6.07, 6.45) is 0.0755. The van der Waals surface area contributed by atoms with Crippen molar-refractivity contribution in [2.45, 2.75) is 46.1 Å². The Bertz CT molecular complexity index is 386. The van der Waals surface area contributed by atoms with E-state index in [1.807, 2.05) is 0 Å². The van der Waals surface area contributed by atoms with Crippen molar-refractivity contribution in [2.24, 2.45) is 5.92 Å². The number of amides is 1. The van der Waals surface area contributed by atoms with Crippen LogP contribution < -0.4 is 0 Å². The van der Waals surface area contributed by atoms with E-state index in [1.54, 1.807) is 27.7 Å². The molecule has 0 aromatic heterocycles. The zero-order valence-corrected chi connectivity index (χ0v) is 12.6. The third-order valence-corrected chi connectivity index (χ3v) is 2.92. The average Bonchev–Trinajstić information content (AvgIpc) is 2.29. The van der Waals surface area contributed by atoms with Crippen LogP contribution in [0, 0.1) is 5.92 Å². The summed E-state index contributed by atoms with van der Waals surface area (Å²) in [7, 11) is 0. The summed E-state index contributed by atoms with van der Waals surface area (Å²) < 4.78 is 10.1. The number of ketones is 1. The van der Waals surface area contributed by atoms with Gasteiger partial charge in [0, 0.05) is 12.5 Å². The maximum atomic E-state index is 12.0. The second-order valence-corrected chi connectivity index (χ2v) is 5.86. The number of carbonyl (C=O) groups excluding carboxylic acids is 3. The molecule has 20 heavy (non-hydrogen) atoms. The van der Waals surface area contributed by atoms with E-state index in [4.69, 9.17) is 9.47 Å². The van der Waals surface area contributed by atoms with Crippen molar-refractivity contribution >= 4 is 17.8 Å². The number of carbonyl (C=O) groups is 3. The summed E-state index contributed by atoms with van der Waals surface area (Å²) in [5, 5.41) is 0. The highest BCUT2D eigenvalue weighted by atomic mass is 16.6. The molecule has 1 aliphatic heterocycles. The molecule has 114 valence electrons. The predicted molar refractivity (Wildman–Crippen MR) is 72.2 cm³/mol. The molecule has 6 heteroatoms. The summed E-state index contributed by atoms with van der Waals surface area (Å²) in [5.74, 6) is -0.834. The fourth-order valence-corrected chi connectivity index (χ4v) is 1.99. The predicted octanol–water partition coefficient (Wildman–Crippen LogP) is 1.77. The van der Waals surface area contributed by atoms with Crippen LogP contribution in [0.2, 0.25) is 0 Å². The lowest BCUT2D eigenvalue weighted by molar-refractivity contribution is -0.147. The lowest BCUT2D eigenvalue weighted by atomic mass is 9.92. The van der Waals surface area contributed by atoms with Gasteiger partial charge in [-0.2, -0.15) is 0 Å². The molecule has 0 aromatic carbocycles. The van der Waals surface area contributed by atoms with Crippen molar-refractivity contribution in [3.8, 4) is 0 Å². The summed E-state index contributed by atoms with van der Waals surface area (Å²) in [6.45, 7) is 7.79. The Morgan fingerprint density at radius 3 is 2.50 bits per heavy atom. The minimum atomic E-state index is -0.581. The minimum absolute atomic E-state index is 0.00101. The molecule has 6 nitrogen and oxygen atoms in total. The van der Waals surface area contributed by atoms with Crippen LogP contribution in [-0.4, -0.2) is 48.0 Å². The van der Waals surface area contributed by atoms with Gasteiger partial charge in [0.2, 0.25) is 0 Å². The molecule has 1 atom stereocenters. The molecule has 1 unspecified atom stereocenters. The maximum absolute atomic E-state index is 12.0. The van der Waals surface area contributed by atoms with Crippen LogP contribution in [0.1, 0.15) is 40.5 Å². The van der Waals surface area contributed by atoms with Gasteiger partial charge in [-0.1, -0.05) is 0 Å². The fourth-order valence-electron chi connectivity index (χ4n) is 1.99. The maximum Gasteiger partial charge on any atom is 0.410 e. The van der Waals surface area contributed by atoms with E-state index < -0.39 is 11.7 Å². The minimum Gasteiger partial charge on any atom is -0.466 e. The SMILES string of the molecule is CCOC(=O)CC1CCN(C(=O)OC(C)(C)C)CC1=O. The molecule has 0 N–H and O–H groups in total. The van der Waals surface area contributed by atoms with E-state index in [0.717, 1.165) is 0 Å². The smallest absolute Gasteiger partial charge is 0.410 e. The van der Waals surface area contributed by atoms with E-state index in [0.29, 0.717) is 19.6 Å². The van der Waals surface area contributed by atoms with Crippen molar-refractivity contribution < 1.29 is 23.9 Å². The zero-order valence-electron chi connectivity index (χ0n) is 12.6. The number of likely N-dealkylation sites (tertiary alicyclic amines) is 1. The van der Waals surface area contributed by atoms with Crippen molar-refractivity contribution in [3.63, 3.8) is 0 Å². The number of ether oxygens (including phenoxy) is 2. The molecule has 1 amide bonds. The summed E-state index contributed by atoms with van der Waals surface area (Å²) in [4.78, 5) is 36.6. The molecule has 1 rings (SSSR count). The van der Waals surface area contributed by atoms with Crippen molar-refractivity contribution in [2.75, 3.05) is 19.7 Å². The number of Topliss-reactive ketones (excluding diaryl/α,β-unsaturated/α-hetero) is 1. The topological polar surface area (TPSA) is 72.9 Å². The molecule has 0 saturated carbocycles. The molecule has 1 aliphatic rings. The van der Waals surface area contributed by atoms with Gasteiger partial charge in [-0.3, -0.25) is 9.59 Å². The summed E-state index contributed by atoms with van der Waals surface area (Å²) >= 11 is 0. The van der Waals surface area contributed by atoms with E-state index in [9.17, 15) is 14.4 Å². The van der Waals surface area contributed by atoms with Gasteiger partial charge >= 0.3 is 12.1 Å². The van der Waals surface area contributed by atoms with Crippen molar-refractivity contribution in [1.82, 2.24) is 4.90 Å². The number of piperidine rings is 1. The Balaban J connectivity index is 2.49. The second kappa shape index (κ2) is 6.72. The zero-order chi connectivity index (χ0) is 15.3. The monoisotopic (exact) mass is 285 g/mol. The van der Waals surface area contributed by atoms with Gasteiger partial charge in [-0.15, -0.1) is 0 Å². The normalized spacial score (nSPS) is 19.7. The van der Waals surface area contributed by atoms with E-state index in [2.05, 4.69) is 0 Å². The van der Waals surface area contributed by atoms with Gasteiger partial charge in [-0.05, 0) is 34.1 Å². The second-order valence-electron chi connectivity index (χ2n) is 5.86. The summed E-state index contributed by atoms with van der Waals surface area (Å²) in [5.41, 5.74) is -0.581. The van der Waals surface area contributed by atoms with Crippen LogP contribution in [-0.2, 0) is 19.1 Å². The molecular weight excluding hydrogens is 262 g/mol. The van der Waals surface area contributed by atoms with Gasteiger partial charge in [0.25, 0.3) is 0 Å². The number of hydrogen-bond donors (Lipinski definition) is 0. The highest BCUT2D eigenvalue weighted by Crippen LogP contribution is 2.20. The molecule has 1 heterocycles. The molecule has 0 radical (unpaired) electrons. The van der Waals surface area contributed by atoms with Gasteiger partial charge < -0.3 is 14.4 Å². The molecule has 0 aliphatic carbocycles. The highest BCUT2D eigenvalue weighted by molar-refractivity contribution is 5.89. The van der Waals surface area contributed by atoms with Gasteiger partial charge in [0.05, 0.1) is 19.6 Å². The molecular formula is C14H23NO5. The van der Waals surface area contributed by atoms with Crippen LogP contribution in [0.5, 0.6) is 0 Å². The third kappa shape index (κ3) is 5.19. The standard InChI is InChI=1S/C14H23NO5/c1-5-19-12(17)8-10-6-7-15(9-11(10)16)13(18)20-14(2,3)4/h10H,5-9H2,1-4H3. The van der Waals surface area contributed by atoms with Gasteiger partial charge in [-0.25, -0.2) is 4.79 Å². The van der Waals surface area contributed by atoms with Crippen LogP contribution in [0.25, 0.3) is 0 Å². The van der Waals surface area contributed by atoms with E-state index in [-0.39, 0.29) is 30.6 Å². The number of rotatable bonds is 3. The highest BCUT2D eigenvalue weighted by Gasteiger charge is 2.33. The summed E-state index contributed by atoms with van der Waals surface area (Å²) in [6, 6.07) is 0. The first-order chi connectivity index (χ1) is 9.23. The Morgan fingerprint density at radius 1 is 1.35 bits per heavy atom. The average molecular weight is 285 g/mol. The number of hydrogen-bond acceptors (Lipinski definition) is 5. The largest absolute Gasteiger partial charge is 0.466 e. The Morgan fingerprint density at radius 2 is 2.00 bits per heavy atom. The van der Waals surface area contributed by atoms with E-state index in [1.165, 1.54) is 4.90 Å².